The van der Waals surface area contributed by atoms with Crippen molar-refractivity contribution in [2.24, 2.45) is 0 Å². The van der Waals surface area contributed by atoms with E-state index in [1.54, 1.807) is 0 Å². The molecule has 0 aliphatic heterocycles. The van der Waals surface area contributed by atoms with Gasteiger partial charge in [0.2, 0.25) is 0 Å². The molecule has 90 valence electrons. The van der Waals surface area contributed by atoms with Crippen LogP contribution in [0.15, 0.2) is 0 Å². The van der Waals surface area contributed by atoms with E-state index in [1.807, 2.05) is 0 Å². The molecule has 8 nitrogen and oxygen atoms in total. The van der Waals surface area contributed by atoms with Gasteiger partial charge in [-0.25, -0.2) is 0 Å². The Bertz CT molecular complexity index is 231. The number of aliphatic hydroxyl groups excluding tert-OH is 4. The molecular weight excluding hydrogens is 231 g/mol. The van der Waals surface area contributed by atoms with Gasteiger partial charge in [0.1, 0.15) is 24.9 Å². The summed E-state index contributed by atoms with van der Waals surface area (Å²) in [6.45, 7) is -1.69. The Morgan fingerprint density at radius 1 is 1.33 bits per heavy atom. The fraction of sp³-hybridized carbons (Fsp3) is 0.833. The van der Waals surface area contributed by atoms with Crippen molar-refractivity contribution in [3.8, 4) is 0 Å². The third-order valence-corrected chi connectivity index (χ3v) is 1.96. The number of rotatable bonds is 7. The lowest BCUT2D eigenvalue weighted by Crippen LogP contribution is -2.44. The lowest BCUT2D eigenvalue weighted by molar-refractivity contribution is -0.142. The van der Waals surface area contributed by atoms with Crippen LogP contribution in [0.25, 0.3) is 0 Å². The van der Waals surface area contributed by atoms with Gasteiger partial charge in [0.15, 0.2) is 5.78 Å². The van der Waals surface area contributed by atoms with E-state index in [0.29, 0.717) is 0 Å². The first-order valence-corrected chi connectivity index (χ1v) is 5.20. The van der Waals surface area contributed by atoms with Gasteiger partial charge < -0.3 is 29.8 Å². The first-order chi connectivity index (χ1) is 6.90. The highest BCUT2D eigenvalue weighted by Gasteiger charge is 2.29. The molecule has 0 aromatic carbocycles. The average molecular weight is 244 g/mol. The topological polar surface area (TPSA) is 145 Å². The minimum absolute atomic E-state index is 0.830. The van der Waals surface area contributed by atoms with Gasteiger partial charge in [0.25, 0.3) is 0 Å². The zero-order valence-electron chi connectivity index (χ0n) is 7.61. The molecule has 0 saturated carbocycles. The highest BCUT2D eigenvalue weighted by atomic mass is 31.1. The second kappa shape index (κ2) is 7.02. The summed E-state index contributed by atoms with van der Waals surface area (Å²) >= 11 is 0. The maximum absolute atomic E-state index is 10.9. The third-order valence-electron chi connectivity index (χ3n) is 1.57. The number of carbonyl (C=O) groups is 1. The summed E-state index contributed by atoms with van der Waals surface area (Å²) in [6, 6.07) is 0. The molecule has 0 saturated heterocycles. The number of hydrogen-bond donors (Lipinski definition) is 5. The van der Waals surface area contributed by atoms with Crippen molar-refractivity contribution in [2.45, 2.75) is 18.3 Å². The Labute approximate surface area is 85.7 Å². The first-order valence-electron chi connectivity index (χ1n) is 3.93. The lowest BCUT2D eigenvalue weighted by atomic mass is 10.1. The van der Waals surface area contributed by atoms with E-state index in [0.717, 1.165) is 0 Å². The van der Waals surface area contributed by atoms with E-state index in [9.17, 15) is 9.36 Å². The van der Waals surface area contributed by atoms with E-state index in [-0.39, 0.29) is 0 Å². The molecule has 0 aliphatic carbocycles. The predicted molar refractivity (Wildman–Crippen MR) is 47.3 cm³/mol. The largest absolute Gasteiger partial charge is 0.394 e. The van der Waals surface area contributed by atoms with Crippen molar-refractivity contribution in [3.63, 3.8) is 0 Å². The average Bonchev–Trinajstić information content (AvgIpc) is 2.22. The van der Waals surface area contributed by atoms with Crippen LogP contribution in [0.4, 0.5) is 0 Å². The summed E-state index contributed by atoms with van der Waals surface area (Å²) in [5, 5.41) is 35.4. The van der Waals surface area contributed by atoms with Gasteiger partial charge in [-0.1, -0.05) is 0 Å². The molecule has 0 aromatic heterocycles. The van der Waals surface area contributed by atoms with E-state index >= 15 is 0 Å². The Hall–Kier alpha value is -0.340. The van der Waals surface area contributed by atoms with Crippen LogP contribution in [0.3, 0.4) is 0 Å². The highest BCUT2D eigenvalue weighted by Crippen LogP contribution is 2.14. The summed E-state index contributed by atoms with van der Waals surface area (Å²) in [4.78, 5) is 19.2. The van der Waals surface area contributed by atoms with Crippen LogP contribution in [0.1, 0.15) is 0 Å². The molecule has 1 unspecified atom stereocenters. The number of aliphatic hydroxyl groups is 4. The molecule has 0 radical (unpaired) electrons. The zero-order chi connectivity index (χ0) is 12.0. The summed E-state index contributed by atoms with van der Waals surface area (Å²) in [5.41, 5.74) is 0. The quantitative estimate of drug-likeness (QED) is 0.298. The lowest BCUT2D eigenvalue weighted by Gasteiger charge is -2.19. The van der Waals surface area contributed by atoms with Gasteiger partial charge in [-0.05, 0) is 0 Å². The Morgan fingerprint density at radius 3 is 2.27 bits per heavy atom. The second-order valence-corrected chi connectivity index (χ2v) is 3.53. The molecule has 4 atom stereocenters. The minimum atomic E-state index is -3.29. The van der Waals surface area contributed by atoms with Crippen LogP contribution in [-0.2, 0) is 13.9 Å². The predicted octanol–water partition coefficient (Wildman–Crippen LogP) is -2.97. The Balaban J connectivity index is 4.13. The molecule has 0 amide bonds. The summed E-state index contributed by atoms with van der Waals surface area (Å²) in [5.74, 6) is -1.07. The van der Waals surface area contributed by atoms with Gasteiger partial charge >= 0.3 is 8.25 Å². The van der Waals surface area contributed by atoms with E-state index in [2.05, 4.69) is 4.52 Å². The monoisotopic (exact) mass is 244 g/mol. The molecular formula is C6H13O8P. The molecule has 0 aromatic rings. The Morgan fingerprint density at radius 2 is 1.87 bits per heavy atom. The molecule has 0 aliphatic rings. The number of carbonyl (C=O) groups excluding carboxylic acids is 1. The van der Waals surface area contributed by atoms with Crippen molar-refractivity contribution >= 4 is 14.0 Å². The van der Waals surface area contributed by atoms with Crippen LogP contribution in [0, 0.1) is 0 Å². The maximum atomic E-state index is 10.9. The fourth-order valence-electron chi connectivity index (χ4n) is 0.727. The smallest absolute Gasteiger partial charge is 0.317 e. The van der Waals surface area contributed by atoms with Crippen molar-refractivity contribution in [3.05, 3.63) is 0 Å². The molecule has 15 heavy (non-hydrogen) atoms. The minimum Gasteiger partial charge on any atom is -0.394 e. The van der Waals surface area contributed by atoms with Crippen LogP contribution < -0.4 is 0 Å². The number of hydrogen-bond acceptors (Lipinski definition) is 7. The molecule has 0 bridgehead atoms. The van der Waals surface area contributed by atoms with Gasteiger partial charge in [-0.3, -0.25) is 9.36 Å². The van der Waals surface area contributed by atoms with Crippen LogP contribution >= 0.6 is 8.25 Å². The van der Waals surface area contributed by atoms with Crippen molar-refractivity contribution in [1.82, 2.24) is 0 Å². The van der Waals surface area contributed by atoms with E-state index < -0.39 is 45.6 Å². The summed E-state index contributed by atoms with van der Waals surface area (Å²) < 4.78 is 14.1. The van der Waals surface area contributed by atoms with Gasteiger partial charge in [-0.2, -0.15) is 0 Å². The zero-order valence-corrected chi connectivity index (χ0v) is 8.61. The Kier molecular flexibility index (Phi) is 6.86. The summed E-state index contributed by atoms with van der Waals surface area (Å²) in [6.07, 6.45) is -5.52. The van der Waals surface area contributed by atoms with E-state index in [1.165, 1.54) is 0 Å². The standard InChI is InChI=1S/C6H13O8P/c7-1-3(8)5(10)6(11)4(9)2-14-15(12)13/h3,5-8,10-11,15H,1-2H2,(H,12,13)/t3-,5+,6+/m1/s1. The molecule has 9 heteroatoms. The van der Waals surface area contributed by atoms with Crippen molar-refractivity contribution < 1.29 is 39.2 Å². The molecule has 0 heterocycles. The normalized spacial score (nSPS) is 19.3. The first kappa shape index (κ1) is 14.7. The van der Waals surface area contributed by atoms with Crippen LogP contribution in [-0.4, -0.2) is 62.6 Å². The number of ketones is 1. The van der Waals surface area contributed by atoms with Crippen LogP contribution in [0.2, 0.25) is 0 Å². The maximum Gasteiger partial charge on any atom is 0.317 e. The number of Topliss-reactive ketones (excluding diaryl/α,β-unsaturated/α-hetero) is 1. The highest BCUT2D eigenvalue weighted by molar-refractivity contribution is 7.32. The van der Waals surface area contributed by atoms with Gasteiger partial charge in [0, 0.05) is 0 Å². The van der Waals surface area contributed by atoms with Crippen molar-refractivity contribution in [2.75, 3.05) is 13.2 Å². The van der Waals surface area contributed by atoms with Gasteiger partial charge in [0.05, 0.1) is 6.61 Å². The molecule has 5 N–H and O–H groups in total. The molecule has 0 rings (SSSR count). The third kappa shape index (κ3) is 5.33. The second-order valence-electron chi connectivity index (χ2n) is 2.71. The van der Waals surface area contributed by atoms with E-state index in [4.69, 9.17) is 25.3 Å². The van der Waals surface area contributed by atoms with Crippen LogP contribution in [0.5, 0.6) is 0 Å². The summed E-state index contributed by atoms with van der Waals surface area (Å²) in [7, 11) is -3.29. The SMILES string of the molecule is O=C(CO[PH](=O)O)[C@H](O)[C@@H](O)[C@H](O)CO. The fourth-order valence-corrected chi connectivity index (χ4v) is 0.993. The van der Waals surface area contributed by atoms with Gasteiger partial charge in [-0.15, -0.1) is 0 Å². The van der Waals surface area contributed by atoms with Crippen molar-refractivity contribution in [1.29, 1.82) is 0 Å². The molecule has 0 spiro atoms. The molecule has 0 fully saturated rings.